The van der Waals surface area contributed by atoms with Crippen LogP contribution in [0.2, 0.25) is 33.2 Å². The van der Waals surface area contributed by atoms with Crippen LogP contribution in [0.5, 0.6) is 0 Å². The van der Waals surface area contributed by atoms with Crippen LogP contribution in [-0.4, -0.2) is 16.1 Å². The molecule has 0 spiro atoms. The second-order valence-corrected chi connectivity index (χ2v) is 29.2. The van der Waals surface area contributed by atoms with Crippen molar-refractivity contribution in [2.45, 2.75) is 116 Å². The highest BCUT2D eigenvalue weighted by atomic mass is 32.1. The zero-order valence-corrected chi connectivity index (χ0v) is 33.0. The molecule has 0 radical (unpaired) electrons. The zero-order valence-electron chi connectivity index (χ0n) is 29.4. The minimum Gasteiger partial charge on any atom is -0.226 e. The molecule has 0 unspecified atom stereocenters. The largest absolute Gasteiger partial charge is 0.270 e. The fourth-order valence-corrected chi connectivity index (χ4v) is 29.7. The fraction of sp³-hybridized carbons (Fsp3) is 0.474. The van der Waals surface area contributed by atoms with Gasteiger partial charge in [-0.3, -0.25) is 0 Å². The topological polar surface area (TPSA) is 56.3 Å². The lowest BCUT2D eigenvalue weighted by Crippen LogP contribution is -2.54. The van der Waals surface area contributed by atoms with E-state index in [1.807, 2.05) is 0 Å². The SMILES string of the molecule is [C-]#[N+]/C(C#N)=c1/cc2c3cc([Si](C(C)C)(C(C)C)C(C)C)sc3/c(=C(\C#N)[N+]#[C-])cc2c2cc([Si](C(C)C)(C(C)C)C(C)C)sc12. The summed E-state index contributed by atoms with van der Waals surface area (Å²) in [4.78, 5) is 7.45. The third-order valence-corrected chi connectivity index (χ3v) is 29.1. The molecule has 4 aromatic rings. The van der Waals surface area contributed by atoms with Crippen LogP contribution >= 0.6 is 22.7 Å². The van der Waals surface area contributed by atoms with E-state index in [9.17, 15) is 10.5 Å². The van der Waals surface area contributed by atoms with E-state index >= 15 is 0 Å². The van der Waals surface area contributed by atoms with Crippen molar-refractivity contribution in [1.82, 2.24) is 0 Å². The monoisotopic (exact) mass is 678 g/mol. The second kappa shape index (κ2) is 13.1. The van der Waals surface area contributed by atoms with Crippen LogP contribution in [0.1, 0.15) is 83.1 Å². The van der Waals surface area contributed by atoms with Crippen molar-refractivity contribution in [1.29, 1.82) is 10.5 Å². The number of nitrogens with zero attached hydrogens (tertiary/aromatic N) is 4. The molecule has 2 aromatic heterocycles. The van der Waals surface area contributed by atoms with Crippen molar-refractivity contribution in [3.8, 4) is 12.1 Å². The summed E-state index contributed by atoms with van der Waals surface area (Å²) >= 11 is 3.53. The first-order valence-corrected chi connectivity index (χ1v) is 22.5. The summed E-state index contributed by atoms with van der Waals surface area (Å²) < 4.78 is 4.72. The van der Waals surface area contributed by atoms with Gasteiger partial charge in [-0.05, 0) is 75.9 Å². The Morgan fingerprint density at radius 2 is 0.826 bits per heavy atom. The number of thiophene rings is 2. The standard InChI is InChI=1S/C38H46N4S2Si2/c1-21(2)45(22(3)4,23(5)6)35-17-29-27-15-32(34(20-40)42-14)38-30(28(27)16-31(37(29)43-35)33(19-39)41-13)18-36(44-38)46(24(7)8,25(9)10)26(11)12/h15-18,21-26H,1-12H3/b33-31-,34-32+. The molecule has 0 aliphatic rings. The number of benzene rings is 2. The number of fused-ring (bicyclic) bond motifs is 5. The molecule has 4 nitrogen and oxygen atoms in total. The van der Waals surface area contributed by atoms with Crippen LogP contribution in [0.15, 0.2) is 24.3 Å². The van der Waals surface area contributed by atoms with Gasteiger partial charge in [-0.1, -0.05) is 95.2 Å². The maximum atomic E-state index is 10.2. The summed E-state index contributed by atoms with van der Waals surface area (Å²) in [6.07, 6.45) is 0. The van der Waals surface area contributed by atoms with E-state index in [1.54, 1.807) is 22.7 Å². The Morgan fingerprint density at radius 1 is 0.543 bits per heavy atom. The lowest BCUT2D eigenvalue weighted by molar-refractivity contribution is 0.837. The van der Waals surface area contributed by atoms with Crippen molar-refractivity contribution in [3.05, 3.63) is 57.5 Å². The van der Waals surface area contributed by atoms with Gasteiger partial charge in [0.15, 0.2) is 0 Å². The highest BCUT2D eigenvalue weighted by Crippen LogP contribution is 2.45. The van der Waals surface area contributed by atoms with Crippen molar-refractivity contribution >= 4 is 90.2 Å². The molecule has 0 aliphatic carbocycles. The molecule has 0 aliphatic heterocycles. The molecule has 0 atom stereocenters. The van der Waals surface area contributed by atoms with E-state index in [1.165, 1.54) is 9.00 Å². The lowest BCUT2D eigenvalue weighted by Gasteiger charge is -2.42. The predicted molar refractivity (Wildman–Crippen MR) is 207 cm³/mol. The highest BCUT2D eigenvalue weighted by molar-refractivity contribution is 7.33. The molecule has 46 heavy (non-hydrogen) atoms. The molecule has 238 valence electrons. The predicted octanol–water partition coefficient (Wildman–Crippen LogP) is 10.1. The third-order valence-electron chi connectivity index (χ3n) is 10.9. The molecular formula is C38H46N4S2Si2. The van der Waals surface area contributed by atoms with Gasteiger partial charge in [-0.2, -0.15) is 0 Å². The molecule has 4 rings (SSSR count). The molecule has 2 aromatic carbocycles. The van der Waals surface area contributed by atoms with Crippen molar-refractivity contribution in [2.75, 3.05) is 0 Å². The smallest absolute Gasteiger partial charge is 0.226 e. The number of hydrogen-bond acceptors (Lipinski definition) is 4. The van der Waals surface area contributed by atoms with Crippen molar-refractivity contribution < 1.29 is 0 Å². The van der Waals surface area contributed by atoms with Crippen LogP contribution in [0.4, 0.5) is 0 Å². The van der Waals surface area contributed by atoms with Crippen molar-refractivity contribution in [2.24, 2.45) is 0 Å². The highest BCUT2D eigenvalue weighted by Gasteiger charge is 2.47. The molecule has 8 heteroatoms. The van der Waals surface area contributed by atoms with E-state index in [2.05, 4.69) is 129 Å². The lowest BCUT2D eigenvalue weighted by atomic mass is 10.00. The minimum atomic E-state index is -2.06. The molecule has 0 N–H and O–H groups in total. The quantitative estimate of drug-likeness (QED) is 0.138. The van der Waals surface area contributed by atoms with E-state index < -0.39 is 16.1 Å². The molecule has 0 amide bonds. The Kier molecular flexibility index (Phi) is 10.1. The van der Waals surface area contributed by atoms with Crippen molar-refractivity contribution in [3.63, 3.8) is 0 Å². The van der Waals surface area contributed by atoms with Crippen LogP contribution in [0, 0.1) is 35.8 Å². The maximum absolute atomic E-state index is 10.2. The summed E-state index contributed by atoms with van der Waals surface area (Å²) in [7, 11) is -4.13. The van der Waals surface area contributed by atoms with Crippen LogP contribution in [0.3, 0.4) is 0 Å². The molecule has 0 saturated heterocycles. The number of rotatable bonds is 8. The van der Waals surface area contributed by atoms with Gasteiger partial charge in [0.1, 0.15) is 16.1 Å². The third kappa shape index (κ3) is 5.07. The van der Waals surface area contributed by atoms with Crippen LogP contribution < -0.4 is 19.4 Å². The normalized spacial score (nSPS) is 14.1. The summed E-state index contributed by atoms with van der Waals surface area (Å²) in [6.45, 7) is 44.2. The second-order valence-electron chi connectivity index (χ2n) is 14.6. The van der Waals surface area contributed by atoms with Crippen LogP contribution in [0.25, 0.3) is 52.0 Å². The average Bonchev–Trinajstić information content (AvgIpc) is 3.60. The zero-order chi connectivity index (χ0) is 34.5. The summed E-state index contributed by atoms with van der Waals surface area (Å²) in [5.41, 5.74) is 3.22. The number of hydrogen-bond donors (Lipinski definition) is 0. The molecule has 0 fully saturated rings. The average molecular weight is 679 g/mol. The minimum absolute atomic E-state index is 0.111. The van der Waals surface area contributed by atoms with Gasteiger partial charge >= 0.3 is 0 Å². The Balaban J connectivity index is 2.42. The molecule has 0 saturated carbocycles. The van der Waals surface area contributed by atoms with Gasteiger partial charge in [-0.15, -0.1) is 22.7 Å². The first-order valence-electron chi connectivity index (χ1n) is 16.4. The molecular weight excluding hydrogens is 633 g/mol. The van der Waals surface area contributed by atoms with Gasteiger partial charge in [-0.25, -0.2) is 20.2 Å². The van der Waals surface area contributed by atoms with Gasteiger partial charge < -0.3 is 0 Å². The van der Waals surface area contributed by atoms with E-state index in [-0.39, 0.29) is 11.4 Å². The Labute approximate surface area is 285 Å². The Bertz CT molecular complexity index is 1910. The van der Waals surface area contributed by atoms with Gasteiger partial charge in [0.25, 0.3) is 11.4 Å². The summed E-state index contributed by atoms with van der Waals surface area (Å²) in [5, 5.41) is 25.8. The fourth-order valence-electron chi connectivity index (χ4n) is 9.38. The Morgan fingerprint density at radius 3 is 1.04 bits per heavy atom. The molecule has 2 heterocycles. The first kappa shape index (κ1) is 35.6. The van der Waals surface area contributed by atoms with Gasteiger partial charge in [0.05, 0.1) is 25.3 Å². The maximum Gasteiger partial charge on any atom is 0.270 e. The summed E-state index contributed by atoms with van der Waals surface area (Å²) in [5.74, 6) is 0. The van der Waals surface area contributed by atoms with Gasteiger partial charge in [0, 0.05) is 19.8 Å². The van der Waals surface area contributed by atoms with E-state index in [0.29, 0.717) is 43.7 Å². The van der Waals surface area contributed by atoms with Gasteiger partial charge in [0.2, 0.25) is 0 Å². The summed E-state index contributed by atoms with van der Waals surface area (Å²) in [6, 6.07) is 13.3. The van der Waals surface area contributed by atoms with Crippen LogP contribution in [-0.2, 0) is 0 Å². The van der Waals surface area contributed by atoms with E-state index in [0.717, 1.165) is 30.9 Å². The Hall–Kier alpha value is -3.25. The number of nitriles is 2. The first-order chi connectivity index (χ1) is 21.6. The van der Waals surface area contributed by atoms with E-state index in [4.69, 9.17) is 13.1 Å². The molecule has 0 bridgehead atoms.